The molecule has 3 atom stereocenters. The third kappa shape index (κ3) is 1.39. The van der Waals surface area contributed by atoms with Crippen molar-refractivity contribution in [3.8, 4) is 0 Å². The lowest BCUT2D eigenvalue weighted by molar-refractivity contribution is 0.0801. The Morgan fingerprint density at radius 3 is 2.72 bits per heavy atom. The molecular weight excluding hydrogens is 226 g/mol. The van der Waals surface area contributed by atoms with Crippen molar-refractivity contribution in [3.05, 3.63) is 24.2 Å². The van der Waals surface area contributed by atoms with Crippen LogP contribution in [0.3, 0.4) is 0 Å². The van der Waals surface area contributed by atoms with Crippen LogP contribution in [0, 0.1) is 16.7 Å². The smallest absolute Gasteiger partial charge is 0.287 e. The van der Waals surface area contributed by atoms with Gasteiger partial charge in [-0.2, -0.15) is 0 Å². The van der Waals surface area contributed by atoms with Gasteiger partial charge in [0.05, 0.1) is 6.26 Å². The molecule has 2 aliphatic rings. The van der Waals surface area contributed by atoms with Gasteiger partial charge in [-0.3, -0.25) is 4.79 Å². The maximum absolute atomic E-state index is 12.1. The molecule has 98 valence electrons. The molecule has 0 aromatic carbocycles. The molecule has 0 unspecified atom stereocenters. The topological polar surface area (TPSA) is 42.2 Å². The molecule has 1 aromatic rings. The first-order valence-electron chi connectivity index (χ1n) is 6.79. The molecule has 1 heterocycles. The lowest BCUT2D eigenvalue weighted by atomic mass is 9.69. The SMILES string of the molecule is CC1(C)[C@H]2CC[C@@]1(C)[C@H](NC(=O)c1ccco1)C2. The number of carbonyl (C=O) groups is 1. The highest BCUT2D eigenvalue weighted by molar-refractivity contribution is 5.91. The summed E-state index contributed by atoms with van der Waals surface area (Å²) in [5.74, 6) is 1.08. The summed E-state index contributed by atoms with van der Waals surface area (Å²) in [5, 5.41) is 3.18. The van der Waals surface area contributed by atoms with E-state index in [1.165, 1.54) is 12.8 Å². The fraction of sp³-hybridized carbons (Fsp3) is 0.667. The lowest BCUT2D eigenvalue weighted by Gasteiger charge is -2.39. The minimum Gasteiger partial charge on any atom is -0.459 e. The Morgan fingerprint density at radius 2 is 2.22 bits per heavy atom. The molecule has 3 heteroatoms. The fourth-order valence-electron chi connectivity index (χ4n) is 4.06. The van der Waals surface area contributed by atoms with E-state index in [1.807, 2.05) is 0 Å². The van der Waals surface area contributed by atoms with Crippen LogP contribution in [0.4, 0.5) is 0 Å². The highest BCUT2D eigenvalue weighted by Gasteiger charge is 2.61. The first-order valence-corrected chi connectivity index (χ1v) is 6.79. The first kappa shape index (κ1) is 11.8. The number of hydrogen-bond acceptors (Lipinski definition) is 2. The van der Waals surface area contributed by atoms with E-state index in [1.54, 1.807) is 18.4 Å². The van der Waals surface area contributed by atoms with Crippen LogP contribution in [0.2, 0.25) is 0 Å². The Hall–Kier alpha value is -1.25. The largest absolute Gasteiger partial charge is 0.459 e. The summed E-state index contributed by atoms with van der Waals surface area (Å²) < 4.78 is 5.16. The summed E-state index contributed by atoms with van der Waals surface area (Å²) in [6.07, 6.45) is 5.17. The summed E-state index contributed by atoms with van der Waals surface area (Å²) in [6, 6.07) is 3.75. The molecule has 1 amide bonds. The molecule has 3 nitrogen and oxygen atoms in total. The molecule has 18 heavy (non-hydrogen) atoms. The second-order valence-electron chi connectivity index (χ2n) is 6.61. The minimum absolute atomic E-state index is 0.0745. The van der Waals surface area contributed by atoms with E-state index in [0.717, 1.165) is 12.3 Å². The van der Waals surface area contributed by atoms with Crippen LogP contribution in [-0.2, 0) is 0 Å². The highest BCUT2D eigenvalue weighted by atomic mass is 16.3. The van der Waals surface area contributed by atoms with Crippen molar-refractivity contribution in [2.75, 3.05) is 0 Å². The number of hydrogen-bond donors (Lipinski definition) is 1. The van der Waals surface area contributed by atoms with Crippen LogP contribution in [0.15, 0.2) is 22.8 Å². The summed E-state index contributed by atoms with van der Waals surface area (Å²) in [5.41, 5.74) is 0.550. The number of nitrogens with one attached hydrogen (secondary N) is 1. The van der Waals surface area contributed by atoms with E-state index in [-0.39, 0.29) is 17.4 Å². The van der Waals surface area contributed by atoms with Crippen LogP contribution < -0.4 is 5.32 Å². The predicted molar refractivity (Wildman–Crippen MR) is 69.2 cm³/mol. The third-order valence-electron chi connectivity index (χ3n) is 5.84. The Balaban J connectivity index is 1.78. The van der Waals surface area contributed by atoms with Crippen LogP contribution in [0.25, 0.3) is 0 Å². The van der Waals surface area contributed by atoms with Crippen LogP contribution in [0.1, 0.15) is 50.6 Å². The Bertz CT molecular complexity index is 463. The van der Waals surface area contributed by atoms with Crippen molar-refractivity contribution < 1.29 is 9.21 Å². The highest BCUT2D eigenvalue weighted by Crippen LogP contribution is 2.65. The van der Waals surface area contributed by atoms with Crippen molar-refractivity contribution >= 4 is 5.91 Å². The van der Waals surface area contributed by atoms with Crippen LogP contribution in [0.5, 0.6) is 0 Å². The maximum atomic E-state index is 12.1. The Labute approximate surface area is 108 Å². The van der Waals surface area contributed by atoms with Crippen LogP contribution >= 0.6 is 0 Å². The van der Waals surface area contributed by atoms with Gasteiger partial charge in [0.15, 0.2) is 5.76 Å². The fourth-order valence-corrected chi connectivity index (χ4v) is 4.06. The van der Waals surface area contributed by atoms with E-state index in [2.05, 4.69) is 26.1 Å². The van der Waals surface area contributed by atoms with E-state index in [0.29, 0.717) is 11.2 Å². The number of fused-ring (bicyclic) bond motifs is 2. The summed E-state index contributed by atoms with van der Waals surface area (Å²) >= 11 is 0. The number of furan rings is 1. The van der Waals surface area contributed by atoms with Gasteiger partial charge < -0.3 is 9.73 Å². The molecular formula is C15H21NO2. The van der Waals surface area contributed by atoms with Gasteiger partial charge in [0, 0.05) is 6.04 Å². The monoisotopic (exact) mass is 247 g/mol. The molecule has 0 aliphatic heterocycles. The number of rotatable bonds is 2. The van der Waals surface area contributed by atoms with Crippen LogP contribution in [-0.4, -0.2) is 11.9 Å². The van der Waals surface area contributed by atoms with Gasteiger partial charge in [0.2, 0.25) is 0 Å². The molecule has 1 aromatic heterocycles. The minimum atomic E-state index is -0.0745. The zero-order valence-electron chi connectivity index (χ0n) is 11.3. The quantitative estimate of drug-likeness (QED) is 0.871. The second kappa shape index (κ2) is 3.62. The summed E-state index contributed by atoms with van der Waals surface area (Å²) in [7, 11) is 0. The van der Waals surface area contributed by atoms with Gasteiger partial charge in [0.25, 0.3) is 5.91 Å². The van der Waals surface area contributed by atoms with Crippen molar-refractivity contribution in [2.45, 2.75) is 46.1 Å². The molecule has 2 aliphatic carbocycles. The van der Waals surface area contributed by atoms with Gasteiger partial charge in [-0.25, -0.2) is 0 Å². The predicted octanol–water partition coefficient (Wildman–Crippen LogP) is 3.22. The zero-order chi connectivity index (χ0) is 13.0. The molecule has 3 rings (SSSR count). The van der Waals surface area contributed by atoms with Crippen molar-refractivity contribution in [2.24, 2.45) is 16.7 Å². The van der Waals surface area contributed by atoms with E-state index in [9.17, 15) is 4.79 Å². The van der Waals surface area contributed by atoms with Gasteiger partial charge >= 0.3 is 0 Å². The molecule has 2 saturated carbocycles. The van der Waals surface area contributed by atoms with Crippen molar-refractivity contribution in [1.29, 1.82) is 0 Å². The van der Waals surface area contributed by atoms with Gasteiger partial charge in [-0.15, -0.1) is 0 Å². The number of amides is 1. The van der Waals surface area contributed by atoms with Gasteiger partial charge in [0.1, 0.15) is 0 Å². The first-order chi connectivity index (χ1) is 8.45. The number of carbonyl (C=O) groups excluding carboxylic acids is 1. The third-order valence-corrected chi connectivity index (χ3v) is 5.84. The standard InChI is InChI=1S/C15H21NO2/c1-14(2)10-6-7-15(14,3)12(9-10)16-13(17)11-5-4-8-18-11/h4-5,8,10,12H,6-7,9H2,1-3H3,(H,16,17)/t10-,12+,15-/m0/s1. The summed E-state index contributed by atoms with van der Waals surface area (Å²) in [6.45, 7) is 7.03. The zero-order valence-corrected chi connectivity index (χ0v) is 11.3. The van der Waals surface area contributed by atoms with Crippen molar-refractivity contribution in [1.82, 2.24) is 5.32 Å². The normalized spacial score (nSPS) is 36.8. The molecule has 2 bridgehead atoms. The van der Waals surface area contributed by atoms with Crippen molar-refractivity contribution in [3.63, 3.8) is 0 Å². The Morgan fingerprint density at radius 1 is 1.44 bits per heavy atom. The lowest BCUT2D eigenvalue weighted by Crippen LogP contribution is -2.46. The molecule has 0 saturated heterocycles. The van der Waals surface area contributed by atoms with E-state index in [4.69, 9.17) is 4.42 Å². The second-order valence-corrected chi connectivity index (χ2v) is 6.61. The Kier molecular flexibility index (Phi) is 2.38. The molecule has 2 fully saturated rings. The molecule has 0 radical (unpaired) electrons. The van der Waals surface area contributed by atoms with E-state index >= 15 is 0 Å². The van der Waals surface area contributed by atoms with Gasteiger partial charge in [-0.05, 0) is 48.1 Å². The molecule has 1 N–H and O–H groups in total. The average Bonchev–Trinajstić information content (AvgIpc) is 2.95. The van der Waals surface area contributed by atoms with E-state index < -0.39 is 0 Å². The maximum Gasteiger partial charge on any atom is 0.287 e. The molecule has 0 spiro atoms. The summed E-state index contributed by atoms with van der Waals surface area (Å²) in [4.78, 5) is 12.1. The van der Waals surface area contributed by atoms with Gasteiger partial charge in [-0.1, -0.05) is 20.8 Å². The average molecular weight is 247 g/mol.